The minimum absolute atomic E-state index is 0.0212. The van der Waals surface area contributed by atoms with Crippen LogP contribution in [0, 0.1) is 0 Å². The van der Waals surface area contributed by atoms with E-state index in [0.29, 0.717) is 6.61 Å². The second kappa shape index (κ2) is 8.58. The zero-order valence-electron chi connectivity index (χ0n) is 14.8. The SMILES string of the molecule is CC(=O)N[C@H]1CCO[C@@H](c2cccc(NC(=O)Cc3cccnc3)c2)C1. The number of amides is 2. The average Bonchev–Trinajstić information content (AvgIpc) is 2.62. The molecule has 6 nitrogen and oxygen atoms in total. The lowest BCUT2D eigenvalue weighted by molar-refractivity contribution is -0.120. The van der Waals surface area contributed by atoms with Gasteiger partial charge in [0.05, 0.1) is 12.5 Å². The first-order valence-corrected chi connectivity index (χ1v) is 8.77. The van der Waals surface area contributed by atoms with E-state index in [4.69, 9.17) is 4.74 Å². The summed E-state index contributed by atoms with van der Waals surface area (Å²) < 4.78 is 5.86. The van der Waals surface area contributed by atoms with Gasteiger partial charge in [0.1, 0.15) is 0 Å². The zero-order valence-corrected chi connectivity index (χ0v) is 14.8. The van der Waals surface area contributed by atoms with Gasteiger partial charge in [0.15, 0.2) is 0 Å². The predicted octanol–water partition coefficient (Wildman–Crippen LogP) is 2.62. The molecule has 0 unspecified atom stereocenters. The van der Waals surface area contributed by atoms with Gasteiger partial charge in [-0.2, -0.15) is 0 Å². The molecule has 1 saturated heterocycles. The minimum atomic E-state index is -0.0872. The molecule has 2 N–H and O–H groups in total. The number of carbonyl (C=O) groups excluding carboxylic acids is 2. The van der Waals surface area contributed by atoms with E-state index in [1.54, 1.807) is 12.4 Å². The van der Waals surface area contributed by atoms with E-state index in [-0.39, 0.29) is 30.4 Å². The summed E-state index contributed by atoms with van der Waals surface area (Å²) in [6.45, 7) is 2.14. The quantitative estimate of drug-likeness (QED) is 0.866. The van der Waals surface area contributed by atoms with Crippen molar-refractivity contribution >= 4 is 17.5 Å². The van der Waals surface area contributed by atoms with E-state index in [0.717, 1.165) is 29.7 Å². The number of hydrogen-bond donors (Lipinski definition) is 2. The Kier molecular flexibility index (Phi) is 5.96. The Balaban J connectivity index is 1.62. The highest BCUT2D eigenvalue weighted by Crippen LogP contribution is 2.29. The second-order valence-electron chi connectivity index (χ2n) is 6.49. The molecule has 2 amide bonds. The molecule has 2 atom stereocenters. The molecular formula is C20H23N3O3. The van der Waals surface area contributed by atoms with Gasteiger partial charge in [0.25, 0.3) is 0 Å². The van der Waals surface area contributed by atoms with E-state index in [1.165, 1.54) is 6.92 Å². The van der Waals surface area contributed by atoms with Gasteiger partial charge in [-0.05, 0) is 42.2 Å². The summed E-state index contributed by atoms with van der Waals surface area (Å²) >= 11 is 0. The number of rotatable bonds is 5. The maximum atomic E-state index is 12.2. The van der Waals surface area contributed by atoms with Crippen LogP contribution in [0.5, 0.6) is 0 Å². The number of anilines is 1. The number of nitrogens with one attached hydrogen (secondary N) is 2. The molecule has 0 radical (unpaired) electrons. The Morgan fingerprint density at radius 2 is 2.15 bits per heavy atom. The first-order chi connectivity index (χ1) is 12.6. The molecule has 1 aromatic heterocycles. The Bertz CT molecular complexity index is 764. The Hall–Kier alpha value is -2.73. The lowest BCUT2D eigenvalue weighted by Crippen LogP contribution is -2.38. The van der Waals surface area contributed by atoms with E-state index < -0.39 is 0 Å². The molecule has 1 aliphatic rings. The van der Waals surface area contributed by atoms with E-state index in [2.05, 4.69) is 15.6 Å². The molecule has 0 saturated carbocycles. The normalized spacial score (nSPS) is 19.6. The largest absolute Gasteiger partial charge is 0.373 e. The third-order valence-electron chi connectivity index (χ3n) is 4.32. The number of ether oxygens (including phenoxy) is 1. The fourth-order valence-corrected chi connectivity index (χ4v) is 3.16. The maximum absolute atomic E-state index is 12.2. The van der Waals surface area contributed by atoms with E-state index in [1.807, 2.05) is 36.4 Å². The number of carbonyl (C=O) groups is 2. The molecular weight excluding hydrogens is 330 g/mol. The van der Waals surface area contributed by atoms with Gasteiger partial charge >= 0.3 is 0 Å². The molecule has 0 aliphatic carbocycles. The monoisotopic (exact) mass is 353 g/mol. The summed E-state index contributed by atoms with van der Waals surface area (Å²) in [6.07, 6.45) is 5.11. The predicted molar refractivity (Wildman–Crippen MR) is 98.5 cm³/mol. The second-order valence-corrected chi connectivity index (χ2v) is 6.49. The molecule has 1 fully saturated rings. The van der Waals surface area contributed by atoms with Gasteiger partial charge in [-0.3, -0.25) is 14.6 Å². The Morgan fingerprint density at radius 3 is 2.92 bits per heavy atom. The summed E-state index contributed by atoms with van der Waals surface area (Å²) in [5, 5.41) is 5.88. The smallest absolute Gasteiger partial charge is 0.228 e. The fraction of sp³-hybridized carbons (Fsp3) is 0.350. The lowest BCUT2D eigenvalue weighted by Gasteiger charge is -2.30. The first kappa shape index (κ1) is 18.1. The van der Waals surface area contributed by atoms with E-state index >= 15 is 0 Å². The molecule has 2 heterocycles. The summed E-state index contributed by atoms with van der Waals surface area (Å²) in [4.78, 5) is 27.5. The highest BCUT2D eigenvalue weighted by atomic mass is 16.5. The van der Waals surface area contributed by atoms with Crippen molar-refractivity contribution < 1.29 is 14.3 Å². The summed E-state index contributed by atoms with van der Waals surface area (Å²) in [5.41, 5.74) is 2.61. The van der Waals surface area contributed by atoms with Crippen molar-refractivity contribution in [3.05, 3.63) is 59.9 Å². The van der Waals surface area contributed by atoms with Crippen LogP contribution in [0.3, 0.4) is 0 Å². The van der Waals surface area contributed by atoms with Crippen LogP contribution >= 0.6 is 0 Å². The number of pyridine rings is 1. The van der Waals surface area contributed by atoms with Gasteiger partial charge in [0, 0.05) is 37.7 Å². The van der Waals surface area contributed by atoms with E-state index in [9.17, 15) is 9.59 Å². The standard InChI is InChI=1S/C20H23N3O3/c1-14(24)22-18-7-9-26-19(12-18)16-5-2-6-17(11-16)23-20(25)10-15-4-3-8-21-13-15/h2-6,8,11,13,18-19H,7,9-10,12H2,1H3,(H,22,24)(H,23,25)/t18-,19+/m0/s1. The zero-order chi connectivity index (χ0) is 18.4. The highest BCUT2D eigenvalue weighted by Gasteiger charge is 2.24. The van der Waals surface area contributed by atoms with Crippen molar-refractivity contribution in [2.45, 2.75) is 38.3 Å². The minimum Gasteiger partial charge on any atom is -0.373 e. The summed E-state index contributed by atoms with van der Waals surface area (Å²) in [6, 6.07) is 11.5. The van der Waals surface area contributed by atoms with Crippen LogP contribution in [0.25, 0.3) is 0 Å². The number of aromatic nitrogens is 1. The van der Waals surface area contributed by atoms with Gasteiger partial charge in [-0.15, -0.1) is 0 Å². The van der Waals surface area contributed by atoms with Crippen molar-refractivity contribution in [1.82, 2.24) is 10.3 Å². The van der Waals surface area contributed by atoms with Crippen molar-refractivity contribution in [3.63, 3.8) is 0 Å². The Morgan fingerprint density at radius 1 is 1.27 bits per heavy atom. The van der Waals surface area contributed by atoms with Crippen LogP contribution in [-0.4, -0.2) is 29.4 Å². The van der Waals surface area contributed by atoms with Crippen molar-refractivity contribution in [2.24, 2.45) is 0 Å². The van der Waals surface area contributed by atoms with Crippen LogP contribution in [0.4, 0.5) is 5.69 Å². The third kappa shape index (κ3) is 5.13. The third-order valence-corrected chi connectivity index (χ3v) is 4.32. The summed E-state index contributed by atoms with van der Waals surface area (Å²) in [5.74, 6) is -0.108. The van der Waals surface area contributed by atoms with Crippen molar-refractivity contribution in [3.8, 4) is 0 Å². The van der Waals surface area contributed by atoms with Crippen LogP contribution in [0.2, 0.25) is 0 Å². The molecule has 1 aromatic carbocycles. The number of nitrogens with zero attached hydrogens (tertiary/aromatic N) is 1. The Labute approximate surface area is 153 Å². The van der Waals surface area contributed by atoms with Gasteiger partial charge in [-0.1, -0.05) is 18.2 Å². The molecule has 0 spiro atoms. The number of benzene rings is 1. The topological polar surface area (TPSA) is 80.3 Å². The highest BCUT2D eigenvalue weighted by molar-refractivity contribution is 5.92. The molecule has 6 heteroatoms. The van der Waals surface area contributed by atoms with Crippen LogP contribution in [-0.2, 0) is 20.7 Å². The molecule has 136 valence electrons. The molecule has 26 heavy (non-hydrogen) atoms. The average molecular weight is 353 g/mol. The summed E-state index contributed by atoms with van der Waals surface area (Å²) in [7, 11) is 0. The van der Waals surface area contributed by atoms with Crippen molar-refractivity contribution in [1.29, 1.82) is 0 Å². The van der Waals surface area contributed by atoms with Gasteiger partial charge in [0.2, 0.25) is 11.8 Å². The van der Waals surface area contributed by atoms with Crippen LogP contribution in [0.15, 0.2) is 48.8 Å². The molecule has 3 rings (SSSR count). The first-order valence-electron chi connectivity index (χ1n) is 8.77. The van der Waals surface area contributed by atoms with Gasteiger partial charge < -0.3 is 15.4 Å². The van der Waals surface area contributed by atoms with Crippen molar-refractivity contribution in [2.75, 3.05) is 11.9 Å². The molecule has 2 aromatic rings. The molecule has 1 aliphatic heterocycles. The fourth-order valence-electron chi connectivity index (χ4n) is 3.16. The number of hydrogen-bond acceptors (Lipinski definition) is 4. The lowest BCUT2D eigenvalue weighted by atomic mass is 9.97. The van der Waals surface area contributed by atoms with Gasteiger partial charge in [-0.25, -0.2) is 0 Å². The van der Waals surface area contributed by atoms with Crippen LogP contribution in [0.1, 0.15) is 37.0 Å². The van der Waals surface area contributed by atoms with Crippen LogP contribution < -0.4 is 10.6 Å². The molecule has 0 bridgehead atoms. The maximum Gasteiger partial charge on any atom is 0.228 e.